The van der Waals surface area contributed by atoms with Crippen LogP contribution in [0.4, 0.5) is 4.39 Å². The Morgan fingerprint density at radius 1 is 1.33 bits per heavy atom. The van der Waals surface area contributed by atoms with Crippen LogP contribution in [0.3, 0.4) is 0 Å². The first kappa shape index (κ1) is 22.2. The molecule has 1 atom stereocenters. The molecule has 0 bridgehead atoms. The maximum atomic E-state index is 13.5. The van der Waals surface area contributed by atoms with Crippen molar-refractivity contribution in [1.82, 2.24) is 9.80 Å². The highest BCUT2D eigenvalue weighted by Crippen LogP contribution is 2.34. The molecule has 2 heterocycles. The summed E-state index contributed by atoms with van der Waals surface area (Å²) in [4.78, 5) is 29.7. The van der Waals surface area contributed by atoms with Gasteiger partial charge in [0, 0.05) is 44.7 Å². The summed E-state index contributed by atoms with van der Waals surface area (Å²) in [6.45, 7) is 3.28. The quantitative estimate of drug-likeness (QED) is 0.569. The van der Waals surface area contributed by atoms with E-state index < -0.39 is 0 Å². The first-order valence-corrected chi connectivity index (χ1v) is 10.9. The van der Waals surface area contributed by atoms with Crippen molar-refractivity contribution in [1.29, 1.82) is 0 Å². The number of nitrogens with zero attached hydrogens (tertiary/aromatic N) is 2. The van der Waals surface area contributed by atoms with Crippen LogP contribution in [-0.4, -0.2) is 61.6 Å². The molecule has 0 aliphatic carbocycles. The number of hydrogen-bond donors (Lipinski definition) is 0. The highest BCUT2D eigenvalue weighted by Gasteiger charge is 2.33. The lowest BCUT2D eigenvalue weighted by atomic mass is 10.0. The van der Waals surface area contributed by atoms with Crippen molar-refractivity contribution in [3.8, 4) is 5.75 Å². The van der Waals surface area contributed by atoms with E-state index in [1.54, 1.807) is 40.4 Å². The van der Waals surface area contributed by atoms with Crippen molar-refractivity contribution < 1.29 is 23.5 Å². The largest absolute Gasteiger partial charge is 0.491 e. The molecule has 1 aliphatic heterocycles. The van der Waals surface area contributed by atoms with Gasteiger partial charge in [0.15, 0.2) is 0 Å². The van der Waals surface area contributed by atoms with E-state index in [2.05, 4.69) is 0 Å². The molecule has 162 valence electrons. The lowest BCUT2D eigenvalue weighted by Crippen LogP contribution is -2.47. The molecule has 30 heavy (non-hydrogen) atoms. The number of fused-ring (bicyclic) bond motifs is 1. The average molecular weight is 435 g/mol. The molecule has 2 amide bonds. The molecule has 6 nitrogen and oxygen atoms in total. The summed E-state index contributed by atoms with van der Waals surface area (Å²) in [5, 5.41) is 2.01. The van der Waals surface area contributed by atoms with Crippen LogP contribution in [0.2, 0.25) is 0 Å². The smallest absolute Gasteiger partial charge is 0.242 e. The summed E-state index contributed by atoms with van der Waals surface area (Å²) in [5.74, 6) is -0.198. The van der Waals surface area contributed by atoms with Crippen molar-refractivity contribution in [3.63, 3.8) is 0 Å². The van der Waals surface area contributed by atoms with Crippen LogP contribution in [0.25, 0.3) is 0 Å². The van der Waals surface area contributed by atoms with Gasteiger partial charge in [0.25, 0.3) is 0 Å². The number of carbonyl (C=O) groups excluding carboxylic acids is 2. The lowest BCUT2D eigenvalue weighted by Gasteiger charge is -2.37. The zero-order valence-electron chi connectivity index (χ0n) is 17.3. The van der Waals surface area contributed by atoms with Gasteiger partial charge in [0.05, 0.1) is 12.6 Å². The maximum absolute atomic E-state index is 13.5. The van der Waals surface area contributed by atoms with E-state index >= 15 is 0 Å². The lowest BCUT2D eigenvalue weighted by molar-refractivity contribution is -0.142. The minimum atomic E-state index is -0.367. The molecular weight excluding hydrogens is 407 g/mol. The van der Waals surface area contributed by atoms with Gasteiger partial charge in [0.1, 0.15) is 18.2 Å². The van der Waals surface area contributed by atoms with Gasteiger partial charge in [-0.25, -0.2) is 4.39 Å². The Labute approximate surface area is 180 Å². The fourth-order valence-electron chi connectivity index (χ4n) is 3.61. The zero-order chi connectivity index (χ0) is 21.5. The summed E-state index contributed by atoms with van der Waals surface area (Å²) in [6, 6.07) is 7.72. The second kappa shape index (κ2) is 10.5. The number of benzene rings is 1. The topological polar surface area (TPSA) is 59.1 Å². The fourth-order valence-corrected chi connectivity index (χ4v) is 4.54. The van der Waals surface area contributed by atoms with Gasteiger partial charge in [-0.15, -0.1) is 11.3 Å². The highest BCUT2D eigenvalue weighted by molar-refractivity contribution is 7.10. The Hall–Kier alpha value is -2.45. The molecule has 2 aromatic rings. The number of hydrogen-bond acceptors (Lipinski definition) is 5. The molecule has 0 N–H and O–H groups in total. The first-order chi connectivity index (χ1) is 14.5. The average Bonchev–Trinajstić information content (AvgIpc) is 3.20. The van der Waals surface area contributed by atoms with Gasteiger partial charge in [-0.1, -0.05) is 6.07 Å². The maximum Gasteiger partial charge on any atom is 0.242 e. The van der Waals surface area contributed by atoms with Gasteiger partial charge in [-0.3, -0.25) is 9.59 Å². The predicted octanol–water partition coefficient (Wildman–Crippen LogP) is 3.28. The number of halogens is 1. The van der Waals surface area contributed by atoms with E-state index in [1.807, 2.05) is 11.4 Å². The van der Waals surface area contributed by atoms with Gasteiger partial charge >= 0.3 is 0 Å². The van der Waals surface area contributed by atoms with E-state index in [-0.39, 0.29) is 36.8 Å². The summed E-state index contributed by atoms with van der Waals surface area (Å²) >= 11 is 1.67. The fraction of sp³-hybridized carbons (Fsp3) is 0.455. The van der Waals surface area contributed by atoms with Crippen molar-refractivity contribution in [2.24, 2.45) is 0 Å². The molecule has 0 unspecified atom stereocenters. The van der Waals surface area contributed by atoms with E-state index in [1.165, 1.54) is 23.9 Å². The van der Waals surface area contributed by atoms with Gasteiger partial charge in [-0.05, 0) is 42.0 Å². The van der Waals surface area contributed by atoms with Crippen LogP contribution >= 0.6 is 11.3 Å². The molecule has 1 aromatic carbocycles. The minimum absolute atomic E-state index is 0.0228. The second-order valence-corrected chi connectivity index (χ2v) is 8.21. The third kappa shape index (κ3) is 5.58. The molecule has 0 fully saturated rings. The zero-order valence-corrected chi connectivity index (χ0v) is 18.1. The standard InChI is InChI=1S/C22H27FN2O4S/c1-16(26)24(9-4-11-28-2)14-22(27)25-10-7-21-19(8-12-30-21)20(25)15-29-18-6-3-5-17(23)13-18/h3,5-6,8,12-13,20H,4,7,9-11,14-15H2,1-2H3/t20-/m0/s1. The molecule has 8 heteroatoms. The molecule has 0 spiro atoms. The van der Waals surface area contributed by atoms with E-state index in [4.69, 9.17) is 9.47 Å². The van der Waals surface area contributed by atoms with E-state index in [0.717, 1.165) is 12.0 Å². The number of ether oxygens (including phenoxy) is 2. The van der Waals surface area contributed by atoms with Crippen LogP contribution in [0, 0.1) is 5.82 Å². The molecule has 0 radical (unpaired) electrons. The van der Waals surface area contributed by atoms with Gasteiger partial charge in [0.2, 0.25) is 11.8 Å². The summed E-state index contributed by atoms with van der Waals surface area (Å²) in [6.07, 6.45) is 1.45. The highest BCUT2D eigenvalue weighted by atomic mass is 32.1. The van der Waals surface area contributed by atoms with E-state index in [9.17, 15) is 14.0 Å². The van der Waals surface area contributed by atoms with Gasteiger partial charge < -0.3 is 19.3 Å². The predicted molar refractivity (Wildman–Crippen MR) is 113 cm³/mol. The van der Waals surface area contributed by atoms with Crippen LogP contribution in [0.1, 0.15) is 29.8 Å². The normalized spacial score (nSPS) is 15.6. The van der Waals surface area contributed by atoms with Crippen LogP contribution in [0.5, 0.6) is 5.75 Å². The first-order valence-electron chi connectivity index (χ1n) is 9.98. The van der Waals surface area contributed by atoms with Crippen molar-refractivity contribution in [2.75, 3.05) is 40.0 Å². The Balaban J connectivity index is 1.72. The van der Waals surface area contributed by atoms with E-state index in [0.29, 0.717) is 31.9 Å². The van der Waals surface area contributed by atoms with Crippen molar-refractivity contribution in [3.05, 3.63) is 52.0 Å². The number of thiophene rings is 1. The summed E-state index contributed by atoms with van der Waals surface area (Å²) in [7, 11) is 1.61. The number of carbonyl (C=O) groups is 2. The number of rotatable bonds is 9. The number of amides is 2. The molecule has 1 aromatic heterocycles. The van der Waals surface area contributed by atoms with Gasteiger partial charge in [-0.2, -0.15) is 0 Å². The summed E-state index contributed by atoms with van der Waals surface area (Å²) < 4.78 is 24.4. The Bertz CT molecular complexity index is 872. The van der Waals surface area contributed by atoms with Crippen LogP contribution in [0.15, 0.2) is 35.7 Å². The minimum Gasteiger partial charge on any atom is -0.491 e. The van der Waals surface area contributed by atoms with Crippen LogP contribution in [-0.2, 0) is 20.7 Å². The van der Waals surface area contributed by atoms with Crippen molar-refractivity contribution >= 4 is 23.2 Å². The Morgan fingerprint density at radius 3 is 2.90 bits per heavy atom. The third-order valence-corrected chi connectivity index (χ3v) is 6.16. The third-order valence-electron chi connectivity index (χ3n) is 5.17. The summed E-state index contributed by atoms with van der Waals surface area (Å²) in [5.41, 5.74) is 1.06. The van der Waals surface area contributed by atoms with Crippen LogP contribution < -0.4 is 4.74 Å². The molecular formula is C22H27FN2O4S. The molecule has 3 rings (SSSR count). The van der Waals surface area contributed by atoms with Crippen molar-refractivity contribution in [2.45, 2.75) is 25.8 Å². The Morgan fingerprint density at radius 2 is 2.17 bits per heavy atom. The second-order valence-electron chi connectivity index (χ2n) is 7.21. The molecule has 1 aliphatic rings. The molecule has 0 saturated heterocycles. The monoisotopic (exact) mass is 434 g/mol. The Kier molecular flexibility index (Phi) is 7.81. The number of methoxy groups -OCH3 is 1. The molecule has 0 saturated carbocycles. The SMILES string of the molecule is COCCCN(CC(=O)N1CCc2sccc2[C@@H]1COc1cccc(F)c1)C(C)=O.